The number of nitrogens with two attached hydrogens (primary N) is 1. The number of nitrogens with one attached hydrogen (secondary N) is 1. The summed E-state index contributed by atoms with van der Waals surface area (Å²) in [5, 5.41) is 7.81. The summed E-state index contributed by atoms with van der Waals surface area (Å²) in [5.74, 6) is 0.712. The Morgan fingerprint density at radius 2 is 2.32 bits per heavy atom. The van der Waals surface area contributed by atoms with Gasteiger partial charge in [-0.15, -0.1) is 0 Å². The van der Waals surface area contributed by atoms with E-state index in [-0.39, 0.29) is 6.17 Å². The third-order valence-electron chi connectivity index (χ3n) is 3.82. The monoisotopic (exact) mass is 265 g/mol. The van der Waals surface area contributed by atoms with Crippen molar-refractivity contribution in [1.29, 1.82) is 5.41 Å². The molecule has 2 heterocycles. The van der Waals surface area contributed by atoms with E-state index in [9.17, 15) is 0 Å². The second-order valence-corrected chi connectivity index (χ2v) is 5.16. The number of likely N-dealkylation sites (N-methyl/N-ethyl adjacent to an activating group) is 1. The van der Waals surface area contributed by atoms with Gasteiger partial charge in [0.05, 0.1) is 19.3 Å². The molecule has 0 saturated carbocycles. The molecule has 2 aliphatic heterocycles. The van der Waals surface area contributed by atoms with Crippen LogP contribution in [0.5, 0.6) is 0 Å². The Morgan fingerprint density at radius 1 is 1.53 bits per heavy atom. The third-order valence-corrected chi connectivity index (χ3v) is 3.82. The smallest absolute Gasteiger partial charge is 0.142 e. The quantitative estimate of drug-likeness (QED) is 0.783. The van der Waals surface area contributed by atoms with Gasteiger partial charge < -0.3 is 15.4 Å². The first kappa shape index (κ1) is 14.0. The maximum atomic E-state index is 7.81. The van der Waals surface area contributed by atoms with E-state index in [0.717, 1.165) is 19.4 Å². The fraction of sp³-hybridized carbons (Fsp3) is 0.692. The van der Waals surface area contributed by atoms with Crippen LogP contribution in [0.1, 0.15) is 19.3 Å². The minimum atomic E-state index is 0.284. The Hall–Kier alpha value is -1.40. The molecule has 2 rings (SSSR count). The second-order valence-electron chi connectivity index (χ2n) is 5.16. The Morgan fingerprint density at radius 3 is 3.05 bits per heavy atom. The number of ether oxygens (including phenoxy) is 1. The number of hydrogen-bond donors (Lipinski definition) is 2. The molecule has 106 valence electrons. The number of hydrogen-bond acceptors (Lipinski definition) is 5. The van der Waals surface area contributed by atoms with E-state index < -0.39 is 0 Å². The maximum absolute atomic E-state index is 7.81. The molecule has 1 saturated heterocycles. The molecule has 0 radical (unpaired) electrons. The van der Waals surface area contributed by atoms with Crippen molar-refractivity contribution in [2.24, 2.45) is 10.7 Å². The predicted octanol–water partition coefficient (Wildman–Crippen LogP) is 0.607. The zero-order valence-corrected chi connectivity index (χ0v) is 11.7. The van der Waals surface area contributed by atoms with Gasteiger partial charge in [-0.3, -0.25) is 10.3 Å². The van der Waals surface area contributed by atoms with E-state index in [0.29, 0.717) is 24.3 Å². The molecule has 0 amide bonds. The summed E-state index contributed by atoms with van der Waals surface area (Å²) in [6.45, 7) is 1.26. The molecule has 1 fully saturated rings. The molecular weight excluding hydrogens is 242 g/mol. The van der Waals surface area contributed by atoms with Gasteiger partial charge in [0.2, 0.25) is 0 Å². The van der Waals surface area contributed by atoms with E-state index in [2.05, 4.69) is 21.8 Å². The van der Waals surface area contributed by atoms with Crippen LogP contribution in [0.15, 0.2) is 17.3 Å². The van der Waals surface area contributed by atoms with Gasteiger partial charge in [-0.1, -0.05) is 0 Å². The van der Waals surface area contributed by atoms with Crippen LogP contribution < -0.4 is 5.73 Å². The molecule has 3 N–H and O–H groups in total. The number of amidine groups is 2. The largest absolute Gasteiger partial charge is 0.384 e. The van der Waals surface area contributed by atoms with Crippen molar-refractivity contribution in [3.8, 4) is 0 Å². The molecule has 19 heavy (non-hydrogen) atoms. The van der Waals surface area contributed by atoms with Crippen LogP contribution in [0.2, 0.25) is 0 Å². The van der Waals surface area contributed by atoms with Crippen molar-refractivity contribution < 1.29 is 4.74 Å². The van der Waals surface area contributed by atoms with Gasteiger partial charge in [-0.25, -0.2) is 4.99 Å². The fourth-order valence-corrected chi connectivity index (χ4v) is 2.81. The van der Waals surface area contributed by atoms with Crippen LogP contribution in [0, 0.1) is 5.41 Å². The van der Waals surface area contributed by atoms with Crippen molar-refractivity contribution in [1.82, 2.24) is 9.80 Å². The molecule has 2 aliphatic rings. The summed E-state index contributed by atoms with van der Waals surface area (Å²) in [7, 11) is 3.87. The van der Waals surface area contributed by atoms with Gasteiger partial charge in [0.15, 0.2) is 0 Å². The number of likely N-dealkylation sites (tertiary alicyclic amines) is 1. The SMILES string of the molecule is COC[C@@H]1CCC[C@H](N2C=CC(N)=NC(=N)C2)N1C. The first-order valence-electron chi connectivity index (χ1n) is 6.68. The highest BCUT2D eigenvalue weighted by molar-refractivity contribution is 6.02. The Labute approximate surface area is 114 Å². The van der Waals surface area contributed by atoms with Crippen LogP contribution >= 0.6 is 0 Å². The molecule has 2 atom stereocenters. The molecular formula is C13H23N5O. The highest BCUT2D eigenvalue weighted by Crippen LogP contribution is 2.24. The minimum Gasteiger partial charge on any atom is -0.384 e. The van der Waals surface area contributed by atoms with E-state index in [1.807, 2.05) is 6.20 Å². The molecule has 0 aliphatic carbocycles. The van der Waals surface area contributed by atoms with Gasteiger partial charge in [0.1, 0.15) is 11.7 Å². The summed E-state index contributed by atoms with van der Waals surface area (Å²) in [5.41, 5.74) is 5.69. The number of methoxy groups -OCH3 is 1. The highest BCUT2D eigenvalue weighted by Gasteiger charge is 2.31. The second kappa shape index (κ2) is 6.16. The Balaban J connectivity index is 2.08. The van der Waals surface area contributed by atoms with Gasteiger partial charge >= 0.3 is 0 Å². The zero-order valence-electron chi connectivity index (χ0n) is 11.7. The van der Waals surface area contributed by atoms with E-state index in [4.69, 9.17) is 15.9 Å². The average molecular weight is 265 g/mol. The first-order chi connectivity index (χ1) is 9.11. The van der Waals surface area contributed by atoms with Gasteiger partial charge in [-0.2, -0.15) is 0 Å². The molecule has 0 bridgehead atoms. The predicted molar refractivity (Wildman–Crippen MR) is 76.3 cm³/mol. The van der Waals surface area contributed by atoms with Crippen molar-refractivity contribution in [2.45, 2.75) is 31.5 Å². The molecule has 0 aromatic carbocycles. The Bertz CT molecular complexity index is 390. The normalized spacial score (nSPS) is 29.3. The van der Waals surface area contributed by atoms with Crippen LogP contribution in [0.3, 0.4) is 0 Å². The molecule has 0 aromatic heterocycles. The molecule has 0 unspecified atom stereocenters. The number of piperidine rings is 1. The molecule has 6 nitrogen and oxygen atoms in total. The summed E-state index contributed by atoms with van der Waals surface area (Å²) in [4.78, 5) is 8.49. The topological polar surface area (TPSA) is 77.9 Å². The standard InChI is InChI=1S/C13H23N5O/c1-17-10(9-19-2)4-3-5-13(17)18-7-6-11(14)16-12(15)8-18/h6-7,10,13H,3-5,8-9H2,1-2H3,(H3,14,15,16)/t10-,13-/m0/s1. The lowest BCUT2D eigenvalue weighted by molar-refractivity contribution is -0.00318. The highest BCUT2D eigenvalue weighted by atomic mass is 16.5. The summed E-state index contributed by atoms with van der Waals surface area (Å²) < 4.78 is 5.29. The van der Waals surface area contributed by atoms with E-state index >= 15 is 0 Å². The summed E-state index contributed by atoms with van der Waals surface area (Å²) in [6, 6.07) is 0.438. The Kier molecular flexibility index (Phi) is 4.55. The first-order valence-corrected chi connectivity index (χ1v) is 6.68. The number of aliphatic imine (C=N–C) groups is 1. The lowest BCUT2D eigenvalue weighted by Gasteiger charge is -2.44. The van der Waals surface area contributed by atoms with Gasteiger partial charge in [0, 0.05) is 19.4 Å². The van der Waals surface area contributed by atoms with Gasteiger partial charge in [-0.05, 0) is 32.4 Å². The van der Waals surface area contributed by atoms with Crippen LogP contribution in [-0.2, 0) is 4.74 Å². The fourth-order valence-electron chi connectivity index (χ4n) is 2.81. The lowest BCUT2D eigenvalue weighted by atomic mass is 10.00. The summed E-state index contributed by atoms with van der Waals surface area (Å²) in [6.07, 6.45) is 7.44. The van der Waals surface area contributed by atoms with E-state index in [1.54, 1.807) is 13.2 Å². The van der Waals surface area contributed by atoms with Crippen molar-refractivity contribution >= 4 is 11.7 Å². The zero-order chi connectivity index (χ0) is 13.8. The van der Waals surface area contributed by atoms with Crippen molar-refractivity contribution in [3.05, 3.63) is 12.3 Å². The minimum absolute atomic E-state index is 0.284. The third kappa shape index (κ3) is 3.33. The number of nitrogens with zero attached hydrogens (tertiary/aromatic N) is 3. The maximum Gasteiger partial charge on any atom is 0.142 e. The molecule has 0 aromatic rings. The molecule has 0 spiro atoms. The number of rotatable bonds is 3. The van der Waals surface area contributed by atoms with Crippen LogP contribution in [0.4, 0.5) is 0 Å². The van der Waals surface area contributed by atoms with Crippen LogP contribution in [0.25, 0.3) is 0 Å². The van der Waals surface area contributed by atoms with Crippen LogP contribution in [-0.4, -0.2) is 61.0 Å². The molecule has 6 heteroatoms. The van der Waals surface area contributed by atoms with E-state index in [1.165, 1.54) is 6.42 Å². The summed E-state index contributed by atoms with van der Waals surface area (Å²) >= 11 is 0. The van der Waals surface area contributed by atoms with Crippen molar-refractivity contribution in [3.63, 3.8) is 0 Å². The lowest BCUT2D eigenvalue weighted by Crippen LogP contribution is -2.53. The average Bonchev–Trinajstić information content (AvgIpc) is 2.53. The van der Waals surface area contributed by atoms with Crippen molar-refractivity contribution in [2.75, 3.05) is 27.3 Å². The van der Waals surface area contributed by atoms with Gasteiger partial charge in [0.25, 0.3) is 0 Å².